The Bertz CT molecular complexity index is 843. The van der Waals surface area contributed by atoms with Gasteiger partial charge in [-0.25, -0.2) is 18.7 Å². The van der Waals surface area contributed by atoms with E-state index in [-0.39, 0.29) is 13.1 Å². The number of aromatic nitrogens is 4. The fraction of sp³-hybridized carbons (Fsp3) is 0.600. The highest BCUT2D eigenvalue weighted by Crippen LogP contribution is 2.28. The number of alkyl halides is 2. The van der Waals surface area contributed by atoms with Crippen molar-refractivity contribution in [1.29, 1.82) is 0 Å². The summed E-state index contributed by atoms with van der Waals surface area (Å²) < 4.78 is 27.8. The molecule has 0 unspecified atom stereocenters. The molecule has 32 heavy (non-hydrogen) atoms. The van der Waals surface area contributed by atoms with Crippen molar-refractivity contribution in [3.05, 3.63) is 24.5 Å². The molecule has 4 heterocycles. The summed E-state index contributed by atoms with van der Waals surface area (Å²) in [7, 11) is 0. The lowest BCUT2D eigenvalue weighted by molar-refractivity contribution is -0.00860. The molecule has 2 fully saturated rings. The number of nitrogen functional groups attached to an aromatic ring is 2. The van der Waals surface area contributed by atoms with Crippen molar-refractivity contribution < 1.29 is 19.0 Å². The number of hydrogen-bond donors (Lipinski definition) is 4. The number of nitrogens with two attached hydrogens (primary N) is 2. The minimum atomic E-state index is -1.63. The van der Waals surface area contributed by atoms with Crippen LogP contribution in [0.25, 0.3) is 0 Å². The Hall–Kier alpha value is -2.86. The number of anilines is 4. The van der Waals surface area contributed by atoms with Crippen LogP contribution >= 0.6 is 0 Å². The molecule has 2 aliphatic rings. The van der Waals surface area contributed by atoms with Crippen LogP contribution in [0.3, 0.4) is 0 Å². The minimum absolute atomic E-state index is 0.0810. The molecule has 2 saturated heterocycles. The van der Waals surface area contributed by atoms with Crippen molar-refractivity contribution in [2.45, 2.75) is 50.2 Å². The van der Waals surface area contributed by atoms with Crippen molar-refractivity contribution in [3.63, 3.8) is 0 Å². The molecule has 0 aromatic carbocycles. The summed E-state index contributed by atoms with van der Waals surface area (Å²) in [5.74, 6) is 1.54. The lowest BCUT2D eigenvalue weighted by atomic mass is 9.94. The molecule has 0 spiro atoms. The molecule has 10 nitrogen and oxygen atoms in total. The second-order valence-corrected chi connectivity index (χ2v) is 8.57. The molecule has 0 aliphatic carbocycles. The van der Waals surface area contributed by atoms with Crippen molar-refractivity contribution in [3.8, 4) is 0 Å². The summed E-state index contributed by atoms with van der Waals surface area (Å²) in [5.41, 5.74) is 7.81. The SMILES string of the molecule is C[C@@]1(F)CN(c2nccc(N)n2)CC[C@H]1O.C[C@]1(F)CN(c2nccc(N)n2)CC[C@@H]1O. The topological polar surface area (TPSA) is 151 Å². The number of piperidine rings is 2. The summed E-state index contributed by atoms with van der Waals surface area (Å²) in [6, 6.07) is 3.16. The van der Waals surface area contributed by atoms with Gasteiger partial charge in [-0.05, 0) is 38.8 Å². The lowest BCUT2D eigenvalue weighted by Gasteiger charge is -2.38. The normalized spacial score (nSPS) is 30.4. The molecule has 4 rings (SSSR count). The van der Waals surface area contributed by atoms with Crippen LogP contribution in [0.2, 0.25) is 0 Å². The predicted molar refractivity (Wildman–Crippen MR) is 118 cm³/mol. The Morgan fingerprint density at radius 3 is 1.53 bits per heavy atom. The average molecular weight is 453 g/mol. The van der Waals surface area contributed by atoms with Gasteiger partial charge in [0.1, 0.15) is 11.6 Å². The van der Waals surface area contributed by atoms with Crippen molar-refractivity contribution in [1.82, 2.24) is 19.9 Å². The standard InChI is InChI=1S/2C10H15FN4O/c2*1-10(11)6-15(5-3-7(10)16)9-13-4-2-8(12)14-9/h2*2,4,7,16H,3,5-6H2,1H3,(H2,12,13,14)/t2*7-,10-/m10/s1. The van der Waals surface area contributed by atoms with Crippen molar-refractivity contribution in [2.75, 3.05) is 47.4 Å². The first-order chi connectivity index (χ1) is 15.0. The zero-order valence-electron chi connectivity index (χ0n) is 18.2. The Morgan fingerprint density at radius 2 is 1.22 bits per heavy atom. The number of aliphatic hydroxyl groups is 2. The smallest absolute Gasteiger partial charge is 0.227 e. The maximum absolute atomic E-state index is 13.9. The van der Waals surface area contributed by atoms with Gasteiger partial charge in [0, 0.05) is 25.5 Å². The maximum atomic E-state index is 13.9. The van der Waals surface area contributed by atoms with Gasteiger partial charge in [-0.15, -0.1) is 0 Å². The van der Waals surface area contributed by atoms with Crippen LogP contribution in [-0.2, 0) is 0 Å². The van der Waals surface area contributed by atoms with E-state index < -0.39 is 23.5 Å². The molecule has 12 heteroatoms. The third-order valence-corrected chi connectivity index (χ3v) is 5.63. The van der Waals surface area contributed by atoms with E-state index in [1.807, 2.05) is 0 Å². The molecule has 0 amide bonds. The highest BCUT2D eigenvalue weighted by Gasteiger charge is 2.40. The first-order valence-corrected chi connectivity index (χ1v) is 10.4. The fourth-order valence-corrected chi connectivity index (χ4v) is 3.64. The third-order valence-electron chi connectivity index (χ3n) is 5.63. The van der Waals surface area contributed by atoms with Crippen LogP contribution in [0.4, 0.5) is 32.3 Å². The number of nitrogens with zero attached hydrogens (tertiary/aromatic N) is 6. The van der Waals surface area contributed by atoms with Crippen LogP contribution in [0.1, 0.15) is 26.7 Å². The van der Waals surface area contributed by atoms with E-state index in [0.29, 0.717) is 49.5 Å². The van der Waals surface area contributed by atoms with Crippen molar-refractivity contribution in [2.24, 2.45) is 0 Å². The van der Waals surface area contributed by atoms with Crippen LogP contribution in [0.5, 0.6) is 0 Å². The van der Waals surface area contributed by atoms with E-state index >= 15 is 0 Å². The van der Waals surface area contributed by atoms with Gasteiger partial charge in [0.25, 0.3) is 0 Å². The summed E-state index contributed by atoms with van der Waals surface area (Å²) in [6.45, 7) is 4.00. The van der Waals surface area contributed by atoms with Gasteiger partial charge in [-0.2, -0.15) is 9.97 Å². The Balaban J connectivity index is 0.000000181. The second-order valence-electron chi connectivity index (χ2n) is 8.57. The maximum Gasteiger partial charge on any atom is 0.227 e. The van der Waals surface area contributed by atoms with Crippen LogP contribution < -0.4 is 21.3 Å². The van der Waals surface area contributed by atoms with Gasteiger partial charge in [-0.1, -0.05) is 0 Å². The van der Waals surface area contributed by atoms with Gasteiger partial charge in [0.2, 0.25) is 11.9 Å². The van der Waals surface area contributed by atoms with Crippen LogP contribution in [-0.4, -0.2) is 79.9 Å². The van der Waals surface area contributed by atoms with E-state index in [2.05, 4.69) is 19.9 Å². The first-order valence-electron chi connectivity index (χ1n) is 10.4. The quantitative estimate of drug-likeness (QED) is 0.513. The molecule has 0 radical (unpaired) electrons. The monoisotopic (exact) mass is 452 g/mol. The number of halogens is 2. The summed E-state index contributed by atoms with van der Waals surface area (Å²) in [5, 5.41) is 19.0. The molecule has 2 aromatic rings. The van der Waals surface area contributed by atoms with E-state index in [1.165, 1.54) is 26.2 Å². The Kier molecular flexibility index (Phi) is 6.94. The molecular formula is C20H30F2N8O2. The molecule has 2 aromatic heterocycles. The zero-order chi connectivity index (χ0) is 23.5. The summed E-state index contributed by atoms with van der Waals surface area (Å²) >= 11 is 0. The highest BCUT2D eigenvalue weighted by molar-refractivity contribution is 5.39. The van der Waals surface area contributed by atoms with Crippen LogP contribution in [0, 0.1) is 0 Å². The predicted octanol–water partition coefficient (Wildman–Crippen LogP) is 0.716. The molecule has 6 N–H and O–H groups in total. The summed E-state index contributed by atoms with van der Waals surface area (Å²) in [6.07, 6.45) is 1.96. The van der Waals surface area contributed by atoms with E-state index in [4.69, 9.17) is 11.5 Å². The van der Waals surface area contributed by atoms with E-state index in [0.717, 1.165) is 0 Å². The van der Waals surface area contributed by atoms with E-state index in [1.54, 1.807) is 21.9 Å². The Morgan fingerprint density at radius 1 is 0.844 bits per heavy atom. The van der Waals surface area contributed by atoms with Gasteiger partial charge in [0.15, 0.2) is 11.3 Å². The fourth-order valence-electron chi connectivity index (χ4n) is 3.64. The number of hydrogen-bond acceptors (Lipinski definition) is 10. The lowest BCUT2D eigenvalue weighted by Crippen LogP contribution is -2.52. The van der Waals surface area contributed by atoms with Crippen LogP contribution in [0.15, 0.2) is 24.5 Å². The largest absolute Gasteiger partial charge is 0.390 e. The number of rotatable bonds is 2. The second kappa shape index (κ2) is 9.33. The van der Waals surface area contributed by atoms with Gasteiger partial charge < -0.3 is 31.5 Å². The molecule has 0 bridgehead atoms. The number of aliphatic hydroxyl groups excluding tert-OH is 2. The minimum Gasteiger partial charge on any atom is -0.390 e. The molecule has 176 valence electrons. The van der Waals surface area contributed by atoms with Gasteiger partial charge in [0.05, 0.1) is 25.3 Å². The molecule has 2 aliphatic heterocycles. The molecule has 0 saturated carbocycles. The van der Waals surface area contributed by atoms with Crippen molar-refractivity contribution >= 4 is 23.5 Å². The highest BCUT2D eigenvalue weighted by atomic mass is 19.1. The Labute approximate surface area is 185 Å². The molecule has 4 atom stereocenters. The molecular weight excluding hydrogens is 422 g/mol. The average Bonchev–Trinajstić information content (AvgIpc) is 2.72. The summed E-state index contributed by atoms with van der Waals surface area (Å²) in [4.78, 5) is 19.5. The van der Waals surface area contributed by atoms with Gasteiger partial charge >= 0.3 is 0 Å². The van der Waals surface area contributed by atoms with E-state index in [9.17, 15) is 19.0 Å². The first kappa shape index (κ1) is 23.8. The zero-order valence-corrected chi connectivity index (χ0v) is 18.2. The third kappa shape index (κ3) is 5.68. The van der Waals surface area contributed by atoms with Gasteiger partial charge in [-0.3, -0.25) is 0 Å².